The molecule has 1 aliphatic heterocycles. The molecule has 0 bridgehead atoms. The van der Waals surface area contributed by atoms with Crippen LogP contribution in [-0.2, 0) is 6.54 Å². The van der Waals surface area contributed by atoms with Crippen molar-refractivity contribution >= 4 is 23.3 Å². The van der Waals surface area contributed by atoms with Crippen molar-refractivity contribution in [3.05, 3.63) is 47.9 Å². The summed E-state index contributed by atoms with van der Waals surface area (Å²) >= 11 is 0. The van der Waals surface area contributed by atoms with E-state index in [9.17, 15) is 13.2 Å². The number of alkyl halides is 3. The van der Waals surface area contributed by atoms with Crippen LogP contribution < -0.4 is 20.3 Å². The van der Waals surface area contributed by atoms with E-state index in [0.717, 1.165) is 37.4 Å². The van der Waals surface area contributed by atoms with Crippen molar-refractivity contribution in [1.82, 2.24) is 15.0 Å². The van der Waals surface area contributed by atoms with Crippen LogP contribution in [0.15, 0.2) is 40.8 Å². The maximum absolute atomic E-state index is 12.6. The largest absolute Gasteiger partial charge is 0.465 e. The molecule has 0 amide bonds. The molecule has 3 aromatic rings. The van der Waals surface area contributed by atoms with Crippen LogP contribution in [0.2, 0.25) is 0 Å². The molecule has 1 aliphatic rings. The van der Waals surface area contributed by atoms with Crippen molar-refractivity contribution in [2.45, 2.75) is 32.5 Å². The van der Waals surface area contributed by atoms with Gasteiger partial charge in [0.2, 0.25) is 11.9 Å². The van der Waals surface area contributed by atoms with Crippen LogP contribution in [-0.4, -0.2) is 40.8 Å². The highest BCUT2D eigenvalue weighted by molar-refractivity contribution is 5.62. The SMILES string of the molecule is Cc1ccc(CNc2nc(Nc3cccc(N4CCCC4)c3)nc(OCC(F)(F)F)n2)o1. The van der Waals surface area contributed by atoms with Gasteiger partial charge in [-0.15, -0.1) is 0 Å². The number of furan rings is 1. The van der Waals surface area contributed by atoms with Crippen LogP contribution in [0, 0.1) is 6.92 Å². The molecule has 0 radical (unpaired) electrons. The van der Waals surface area contributed by atoms with Crippen molar-refractivity contribution in [1.29, 1.82) is 0 Å². The van der Waals surface area contributed by atoms with Gasteiger partial charge in [-0.25, -0.2) is 0 Å². The van der Waals surface area contributed by atoms with Gasteiger partial charge in [-0.1, -0.05) is 6.07 Å². The molecule has 8 nitrogen and oxygen atoms in total. The number of hydrogen-bond acceptors (Lipinski definition) is 8. The summed E-state index contributed by atoms with van der Waals surface area (Å²) in [5, 5.41) is 5.96. The minimum Gasteiger partial charge on any atom is -0.465 e. The molecule has 0 unspecified atom stereocenters. The third kappa shape index (κ3) is 6.02. The third-order valence-electron chi connectivity index (χ3n) is 4.77. The number of nitrogens with zero attached hydrogens (tertiary/aromatic N) is 4. The van der Waals surface area contributed by atoms with Gasteiger partial charge in [0.05, 0.1) is 6.54 Å². The first-order chi connectivity index (χ1) is 15.3. The summed E-state index contributed by atoms with van der Waals surface area (Å²) in [6.07, 6.45) is -2.21. The van der Waals surface area contributed by atoms with Gasteiger partial charge in [0.1, 0.15) is 11.5 Å². The van der Waals surface area contributed by atoms with Gasteiger partial charge in [-0.3, -0.25) is 0 Å². The van der Waals surface area contributed by atoms with Gasteiger partial charge in [0.25, 0.3) is 0 Å². The predicted molar refractivity (Wildman–Crippen MR) is 113 cm³/mol. The number of rotatable bonds is 8. The summed E-state index contributed by atoms with van der Waals surface area (Å²) in [7, 11) is 0. The fraction of sp³-hybridized carbons (Fsp3) is 0.381. The average Bonchev–Trinajstić information content (AvgIpc) is 3.42. The minimum atomic E-state index is -4.51. The molecule has 0 spiro atoms. The average molecular weight is 448 g/mol. The van der Waals surface area contributed by atoms with E-state index in [4.69, 9.17) is 9.15 Å². The molecule has 11 heteroatoms. The van der Waals surface area contributed by atoms with E-state index < -0.39 is 18.8 Å². The first-order valence-corrected chi connectivity index (χ1v) is 10.2. The van der Waals surface area contributed by atoms with Crippen molar-refractivity contribution in [2.75, 3.05) is 35.2 Å². The molecule has 0 atom stereocenters. The van der Waals surface area contributed by atoms with Gasteiger partial charge in [0, 0.05) is 24.5 Å². The molecule has 2 aromatic heterocycles. The highest BCUT2D eigenvalue weighted by atomic mass is 19.4. The monoisotopic (exact) mass is 448 g/mol. The number of benzene rings is 1. The van der Waals surface area contributed by atoms with E-state index >= 15 is 0 Å². The summed E-state index contributed by atoms with van der Waals surface area (Å²) in [6.45, 7) is 2.54. The van der Waals surface area contributed by atoms with E-state index in [1.54, 1.807) is 6.07 Å². The highest BCUT2D eigenvalue weighted by Gasteiger charge is 2.29. The van der Waals surface area contributed by atoms with Gasteiger partial charge in [-0.2, -0.15) is 28.1 Å². The Morgan fingerprint density at radius 2 is 1.84 bits per heavy atom. The Kier molecular flexibility index (Phi) is 6.33. The standard InChI is InChI=1S/C21H23F3N6O2/c1-14-7-8-17(32-14)12-25-18-27-19(29-20(28-18)31-13-21(22,23)24)26-15-5-4-6-16(11-15)30-9-2-3-10-30/h4-8,11H,2-3,9-10,12-13H2,1H3,(H2,25,26,27,28,29). The summed E-state index contributed by atoms with van der Waals surface area (Å²) in [4.78, 5) is 14.5. The maximum atomic E-state index is 12.6. The fourth-order valence-corrected chi connectivity index (χ4v) is 3.33. The first-order valence-electron chi connectivity index (χ1n) is 10.2. The van der Waals surface area contributed by atoms with E-state index in [1.807, 2.05) is 37.3 Å². The Morgan fingerprint density at radius 3 is 2.56 bits per heavy atom. The zero-order valence-corrected chi connectivity index (χ0v) is 17.4. The molecular weight excluding hydrogens is 425 g/mol. The Hall–Kier alpha value is -3.50. The van der Waals surface area contributed by atoms with Gasteiger partial charge in [0.15, 0.2) is 6.61 Å². The lowest BCUT2D eigenvalue weighted by Crippen LogP contribution is -2.21. The Balaban J connectivity index is 1.53. The summed E-state index contributed by atoms with van der Waals surface area (Å²) in [5.74, 6) is 1.50. The Bertz CT molecular complexity index is 1050. The van der Waals surface area contributed by atoms with Crippen LogP contribution in [0.5, 0.6) is 6.01 Å². The molecule has 0 aliphatic carbocycles. The predicted octanol–water partition coefficient (Wildman–Crippen LogP) is 4.67. The van der Waals surface area contributed by atoms with Crippen LogP contribution in [0.4, 0.5) is 36.4 Å². The van der Waals surface area contributed by atoms with Gasteiger partial charge < -0.3 is 24.7 Å². The number of anilines is 4. The Morgan fingerprint density at radius 1 is 1.06 bits per heavy atom. The van der Waals surface area contributed by atoms with Crippen LogP contribution in [0.25, 0.3) is 0 Å². The van der Waals surface area contributed by atoms with E-state index in [1.165, 1.54) is 0 Å². The number of halogens is 3. The number of hydrogen-bond donors (Lipinski definition) is 2. The van der Waals surface area contributed by atoms with Gasteiger partial charge in [-0.05, 0) is 50.1 Å². The van der Waals surface area contributed by atoms with Crippen molar-refractivity contribution in [3.8, 4) is 6.01 Å². The molecule has 32 heavy (non-hydrogen) atoms. The highest BCUT2D eigenvalue weighted by Crippen LogP contribution is 2.25. The molecule has 2 N–H and O–H groups in total. The molecule has 1 aromatic carbocycles. The number of aromatic nitrogens is 3. The second-order valence-electron chi connectivity index (χ2n) is 7.40. The first kappa shape index (κ1) is 21.7. The zero-order chi connectivity index (χ0) is 22.6. The van der Waals surface area contributed by atoms with E-state index in [0.29, 0.717) is 11.4 Å². The second kappa shape index (κ2) is 9.33. The van der Waals surface area contributed by atoms with Crippen LogP contribution in [0.1, 0.15) is 24.4 Å². The number of nitrogens with one attached hydrogen (secondary N) is 2. The minimum absolute atomic E-state index is 0.0597. The third-order valence-corrected chi connectivity index (χ3v) is 4.77. The Labute approximate surface area is 182 Å². The van der Waals surface area contributed by atoms with E-state index in [-0.39, 0.29) is 18.4 Å². The molecule has 3 heterocycles. The maximum Gasteiger partial charge on any atom is 0.422 e. The molecule has 170 valence electrons. The van der Waals surface area contributed by atoms with Crippen LogP contribution in [0.3, 0.4) is 0 Å². The van der Waals surface area contributed by atoms with Crippen LogP contribution >= 0.6 is 0 Å². The van der Waals surface area contributed by atoms with Crippen molar-refractivity contribution in [2.24, 2.45) is 0 Å². The quantitative estimate of drug-likeness (QED) is 0.514. The molecular formula is C21H23F3N6O2. The second-order valence-corrected chi connectivity index (χ2v) is 7.40. The lowest BCUT2D eigenvalue weighted by atomic mass is 10.2. The molecule has 1 saturated heterocycles. The summed E-state index contributed by atoms with van der Waals surface area (Å²) in [5.41, 5.74) is 1.76. The molecule has 1 fully saturated rings. The normalized spacial score (nSPS) is 13.9. The van der Waals surface area contributed by atoms with E-state index in [2.05, 4.69) is 30.5 Å². The topological polar surface area (TPSA) is 88.3 Å². The number of ether oxygens (including phenoxy) is 1. The lowest BCUT2D eigenvalue weighted by molar-refractivity contribution is -0.154. The molecule has 0 saturated carbocycles. The summed E-state index contributed by atoms with van der Waals surface area (Å²) in [6, 6.07) is 10.9. The lowest BCUT2D eigenvalue weighted by Gasteiger charge is -2.18. The smallest absolute Gasteiger partial charge is 0.422 e. The van der Waals surface area contributed by atoms with Crippen molar-refractivity contribution in [3.63, 3.8) is 0 Å². The van der Waals surface area contributed by atoms with Crippen molar-refractivity contribution < 1.29 is 22.3 Å². The number of aryl methyl sites for hydroxylation is 1. The summed E-state index contributed by atoms with van der Waals surface area (Å²) < 4.78 is 48.1. The van der Waals surface area contributed by atoms with Gasteiger partial charge >= 0.3 is 12.2 Å². The zero-order valence-electron chi connectivity index (χ0n) is 17.4. The molecule has 4 rings (SSSR count). The fourth-order valence-electron chi connectivity index (χ4n) is 3.33.